The number of rotatable bonds is 8. The molecule has 0 aliphatic carbocycles. The zero-order chi connectivity index (χ0) is 18.9. The lowest BCUT2D eigenvalue weighted by Gasteiger charge is -2.33. The Kier molecular flexibility index (Phi) is 7.70. The van der Waals surface area contributed by atoms with E-state index in [1.807, 2.05) is 19.0 Å². The Bertz CT molecular complexity index is 654. The maximum absolute atomic E-state index is 9.33. The third kappa shape index (κ3) is 5.61. The molecule has 0 bridgehead atoms. The van der Waals surface area contributed by atoms with Crippen LogP contribution in [0.5, 0.6) is 11.5 Å². The summed E-state index contributed by atoms with van der Waals surface area (Å²) in [5.74, 6) is 1.18. The second-order valence-electron chi connectivity index (χ2n) is 6.67. The molecule has 7 heteroatoms. The molecule has 0 spiro atoms. The molecule has 7 nitrogen and oxygen atoms in total. The predicted molar refractivity (Wildman–Crippen MR) is 104 cm³/mol. The number of nitrogens with one attached hydrogen (secondary N) is 1. The summed E-state index contributed by atoms with van der Waals surface area (Å²) in [5, 5.41) is 12.8. The van der Waals surface area contributed by atoms with Gasteiger partial charge in [0.1, 0.15) is 6.07 Å². The van der Waals surface area contributed by atoms with Gasteiger partial charge in [0.15, 0.2) is 11.5 Å². The summed E-state index contributed by atoms with van der Waals surface area (Å²) in [6, 6.07) is 6.15. The summed E-state index contributed by atoms with van der Waals surface area (Å²) < 4.78 is 11.3. The molecule has 26 heavy (non-hydrogen) atoms. The van der Waals surface area contributed by atoms with Gasteiger partial charge in [-0.25, -0.2) is 4.99 Å². The van der Waals surface area contributed by atoms with Crippen molar-refractivity contribution in [3.8, 4) is 17.6 Å². The molecule has 1 aromatic rings. The van der Waals surface area contributed by atoms with Crippen LogP contribution in [-0.4, -0.2) is 76.7 Å². The van der Waals surface area contributed by atoms with E-state index < -0.39 is 0 Å². The Morgan fingerprint density at radius 2 is 2.23 bits per heavy atom. The minimum Gasteiger partial charge on any atom is -0.493 e. The monoisotopic (exact) mass is 359 g/mol. The van der Waals surface area contributed by atoms with E-state index >= 15 is 0 Å². The Morgan fingerprint density at radius 1 is 1.42 bits per heavy atom. The molecule has 1 aliphatic rings. The first-order chi connectivity index (χ1) is 12.5. The van der Waals surface area contributed by atoms with Gasteiger partial charge in [0.2, 0.25) is 0 Å². The lowest BCUT2D eigenvalue weighted by atomic mass is 10.1. The molecule has 1 aliphatic heterocycles. The standard InChI is InChI=1S/C19H29N5O2/c1-23(2)14-22-17-11-19(18(25-4)10-15(17)12-20)26-9-5-6-16-13-21-7-8-24(16)3/h10-11,14,16,21H,5-9,13H2,1-4H3. The average molecular weight is 359 g/mol. The molecule has 142 valence electrons. The van der Waals surface area contributed by atoms with E-state index in [-0.39, 0.29) is 0 Å². The zero-order valence-electron chi connectivity index (χ0n) is 16.2. The molecule has 2 rings (SSSR count). The second-order valence-corrected chi connectivity index (χ2v) is 6.67. The van der Waals surface area contributed by atoms with Crippen molar-refractivity contribution < 1.29 is 9.47 Å². The van der Waals surface area contributed by atoms with Crippen LogP contribution in [0.3, 0.4) is 0 Å². The van der Waals surface area contributed by atoms with E-state index in [1.165, 1.54) is 0 Å². The highest BCUT2D eigenvalue weighted by atomic mass is 16.5. The van der Waals surface area contributed by atoms with Crippen molar-refractivity contribution in [1.29, 1.82) is 5.26 Å². The van der Waals surface area contributed by atoms with Gasteiger partial charge in [-0.05, 0) is 19.9 Å². The Balaban J connectivity index is 2.00. The van der Waals surface area contributed by atoms with Gasteiger partial charge in [-0.3, -0.25) is 0 Å². The predicted octanol–water partition coefficient (Wildman–Crippen LogP) is 1.85. The summed E-state index contributed by atoms with van der Waals surface area (Å²) in [7, 11) is 7.51. The Morgan fingerprint density at radius 3 is 2.88 bits per heavy atom. The fraction of sp³-hybridized carbons (Fsp3) is 0.579. The molecule has 1 fully saturated rings. The minimum absolute atomic E-state index is 0.460. The van der Waals surface area contributed by atoms with Crippen molar-refractivity contribution in [2.45, 2.75) is 18.9 Å². The van der Waals surface area contributed by atoms with Gasteiger partial charge in [0.25, 0.3) is 0 Å². The quantitative estimate of drug-likeness (QED) is 0.434. The molecule has 1 unspecified atom stereocenters. The van der Waals surface area contributed by atoms with Crippen molar-refractivity contribution in [3.05, 3.63) is 17.7 Å². The molecular formula is C19H29N5O2. The van der Waals surface area contributed by atoms with E-state index in [1.54, 1.807) is 25.6 Å². The second kappa shape index (κ2) is 10.00. The van der Waals surface area contributed by atoms with Crippen LogP contribution in [0.4, 0.5) is 5.69 Å². The van der Waals surface area contributed by atoms with Crippen LogP contribution in [0.15, 0.2) is 17.1 Å². The van der Waals surface area contributed by atoms with Crippen molar-refractivity contribution in [3.63, 3.8) is 0 Å². The van der Waals surface area contributed by atoms with E-state index in [0.29, 0.717) is 35.4 Å². The van der Waals surface area contributed by atoms with Crippen LogP contribution in [-0.2, 0) is 0 Å². The van der Waals surface area contributed by atoms with E-state index in [0.717, 1.165) is 32.5 Å². The maximum atomic E-state index is 9.33. The summed E-state index contributed by atoms with van der Waals surface area (Å²) in [5.41, 5.74) is 1.04. The van der Waals surface area contributed by atoms with Crippen LogP contribution < -0.4 is 14.8 Å². The fourth-order valence-corrected chi connectivity index (χ4v) is 2.88. The molecule has 0 amide bonds. The number of hydrogen-bond acceptors (Lipinski definition) is 6. The smallest absolute Gasteiger partial charge is 0.163 e. The topological polar surface area (TPSA) is 73.1 Å². The van der Waals surface area contributed by atoms with Crippen LogP contribution in [0.2, 0.25) is 0 Å². The van der Waals surface area contributed by atoms with Gasteiger partial charge < -0.3 is 24.6 Å². The molecule has 1 heterocycles. The first-order valence-electron chi connectivity index (χ1n) is 8.91. The van der Waals surface area contributed by atoms with Gasteiger partial charge in [-0.1, -0.05) is 0 Å². The molecule has 1 atom stereocenters. The lowest BCUT2D eigenvalue weighted by molar-refractivity contribution is 0.177. The molecule has 1 aromatic carbocycles. The largest absolute Gasteiger partial charge is 0.493 e. The normalized spacial score (nSPS) is 17.9. The SMILES string of the molecule is COc1cc(C#N)c(N=CN(C)C)cc1OCCCC1CNCCN1C. The van der Waals surface area contributed by atoms with Gasteiger partial charge >= 0.3 is 0 Å². The minimum atomic E-state index is 0.460. The number of methoxy groups -OCH3 is 1. The summed E-state index contributed by atoms with van der Waals surface area (Å²) >= 11 is 0. The number of nitriles is 1. The third-order valence-electron chi connectivity index (χ3n) is 4.41. The van der Waals surface area contributed by atoms with Crippen molar-refractivity contribution in [2.24, 2.45) is 4.99 Å². The summed E-state index contributed by atoms with van der Waals surface area (Å²) in [6.07, 6.45) is 3.70. The highest BCUT2D eigenvalue weighted by Crippen LogP contribution is 2.34. The fourth-order valence-electron chi connectivity index (χ4n) is 2.88. The van der Waals surface area contributed by atoms with E-state index in [4.69, 9.17) is 9.47 Å². The van der Waals surface area contributed by atoms with Gasteiger partial charge in [-0.15, -0.1) is 0 Å². The van der Waals surface area contributed by atoms with Crippen LogP contribution >= 0.6 is 0 Å². The molecule has 1 N–H and O–H groups in total. The molecule has 0 aromatic heterocycles. The highest BCUT2D eigenvalue weighted by Gasteiger charge is 2.18. The van der Waals surface area contributed by atoms with E-state index in [2.05, 4.69) is 28.3 Å². The number of piperazine rings is 1. The van der Waals surface area contributed by atoms with Crippen LogP contribution in [0.1, 0.15) is 18.4 Å². The number of benzene rings is 1. The zero-order valence-corrected chi connectivity index (χ0v) is 16.2. The number of nitrogens with zero attached hydrogens (tertiary/aromatic N) is 4. The van der Waals surface area contributed by atoms with Crippen molar-refractivity contribution >= 4 is 12.0 Å². The molecular weight excluding hydrogens is 330 g/mol. The average Bonchev–Trinajstić information content (AvgIpc) is 2.64. The van der Waals surface area contributed by atoms with Crippen molar-refractivity contribution in [2.75, 3.05) is 54.5 Å². The van der Waals surface area contributed by atoms with Gasteiger partial charge in [0.05, 0.1) is 31.3 Å². The molecule has 0 radical (unpaired) electrons. The first-order valence-corrected chi connectivity index (χ1v) is 8.91. The number of aliphatic imine (C=N–C) groups is 1. The van der Waals surface area contributed by atoms with Gasteiger partial charge in [-0.2, -0.15) is 5.26 Å². The van der Waals surface area contributed by atoms with Crippen LogP contribution in [0, 0.1) is 11.3 Å². The third-order valence-corrected chi connectivity index (χ3v) is 4.41. The number of hydrogen-bond donors (Lipinski definition) is 1. The highest BCUT2D eigenvalue weighted by molar-refractivity contribution is 5.68. The Labute approximate surface area is 156 Å². The van der Waals surface area contributed by atoms with Crippen LogP contribution in [0.25, 0.3) is 0 Å². The number of ether oxygens (including phenoxy) is 2. The Hall–Kier alpha value is -2.30. The first kappa shape index (κ1) is 20.0. The van der Waals surface area contributed by atoms with Crippen molar-refractivity contribution in [1.82, 2.24) is 15.1 Å². The maximum Gasteiger partial charge on any atom is 0.163 e. The summed E-state index contributed by atoms with van der Waals surface area (Å²) in [6.45, 7) is 3.77. The number of likely N-dealkylation sites (N-methyl/N-ethyl adjacent to an activating group) is 1. The lowest BCUT2D eigenvalue weighted by Crippen LogP contribution is -2.49. The molecule has 0 saturated carbocycles. The van der Waals surface area contributed by atoms with Gasteiger partial charge in [0, 0.05) is 51.9 Å². The summed E-state index contributed by atoms with van der Waals surface area (Å²) in [4.78, 5) is 8.57. The molecule has 1 saturated heterocycles. The van der Waals surface area contributed by atoms with E-state index in [9.17, 15) is 5.26 Å².